The third-order valence-corrected chi connectivity index (χ3v) is 2.72. The minimum atomic E-state index is 0.180. The van der Waals surface area contributed by atoms with Crippen LogP contribution in [-0.2, 0) is 9.78 Å². The van der Waals surface area contributed by atoms with E-state index in [0.29, 0.717) is 0 Å². The summed E-state index contributed by atoms with van der Waals surface area (Å²) in [5.41, 5.74) is 0. The smallest absolute Gasteiger partial charge is 0.111 e. The van der Waals surface area contributed by atoms with Gasteiger partial charge in [-0.05, 0) is 38.5 Å². The van der Waals surface area contributed by atoms with E-state index < -0.39 is 0 Å². The van der Waals surface area contributed by atoms with Crippen LogP contribution in [0.25, 0.3) is 0 Å². The third kappa shape index (κ3) is 2.96. The highest BCUT2D eigenvalue weighted by molar-refractivity contribution is 4.95. The molecule has 0 aromatic rings. The summed E-state index contributed by atoms with van der Waals surface area (Å²) in [6.45, 7) is 0. The lowest BCUT2D eigenvalue weighted by molar-refractivity contribution is -0.335. The molecule has 0 bridgehead atoms. The van der Waals surface area contributed by atoms with Crippen LogP contribution in [0.4, 0.5) is 0 Å². The van der Waals surface area contributed by atoms with Crippen molar-refractivity contribution < 1.29 is 9.78 Å². The standard InChI is InChI=1S/C12H18O2/c1-3-7-11(8-4-1)13-14-12-9-5-2-6-10-12/h3,5,7,9,11-12H,1-2,4,6,8,10H2. The van der Waals surface area contributed by atoms with Crippen molar-refractivity contribution in [2.24, 2.45) is 0 Å². The first-order valence-corrected chi connectivity index (χ1v) is 5.60. The monoisotopic (exact) mass is 194 g/mol. The molecule has 0 aliphatic heterocycles. The van der Waals surface area contributed by atoms with Crippen molar-refractivity contribution in [3.8, 4) is 0 Å². The maximum atomic E-state index is 5.38. The molecule has 78 valence electrons. The average Bonchev–Trinajstić information content (AvgIpc) is 2.29. The molecule has 2 nitrogen and oxygen atoms in total. The lowest BCUT2D eigenvalue weighted by atomic mass is 10.1. The molecule has 0 saturated carbocycles. The zero-order valence-corrected chi connectivity index (χ0v) is 8.52. The van der Waals surface area contributed by atoms with Gasteiger partial charge in [-0.2, -0.15) is 0 Å². The lowest BCUT2D eigenvalue weighted by Gasteiger charge is -2.20. The maximum absolute atomic E-state index is 5.38. The summed E-state index contributed by atoms with van der Waals surface area (Å²) in [5.74, 6) is 0. The summed E-state index contributed by atoms with van der Waals surface area (Å²) in [7, 11) is 0. The van der Waals surface area contributed by atoms with E-state index in [0.717, 1.165) is 12.8 Å². The Labute approximate surface area is 85.5 Å². The van der Waals surface area contributed by atoms with Gasteiger partial charge in [0.1, 0.15) is 12.2 Å². The Hall–Kier alpha value is -0.600. The molecular formula is C12H18O2. The third-order valence-electron chi connectivity index (χ3n) is 2.72. The highest BCUT2D eigenvalue weighted by atomic mass is 17.2. The van der Waals surface area contributed by atoms with Crippen LogP contribution in [0.1, 0.15) is 38.5 Å². The van der Waals surface area contributed by atoms with E-state index in [4.69, 9.17) is 9.78 Å². The van der Waals surface area contributed by atoms with E-state index in [1.165, 1.54) is 25.7 Å². The van der Waals surface area contributed by atoms with Crippen molar-refractivity contribution in [3.05, 3.63) is 24.3 Å². The molecule has 0 amide bonds. The van der Waals surface area contributed by atoms with Gasteiger partial charge in [0.15, 0.2) is 0 Å². The molecule has 2 unspecified atom stereocenters. The fraction of sp³-hybridized carbons (Fsp3) is 0.667. The zero-order valence-electron chi connectivity index (χ0n) is 8.52. The molecule has 0 saturated heterocycles. The van der Waals surface area contributed by atoms with E-state index in [2.05, 4.69) is 24.3 Å². The molecule has 2 heteroatoms. The van der Waals surface area contributed by atoms with Crippen molar-refractivity contribution in [3.63, 3.8) is 0 Å². The van der Waals surface area contributed by atoms with Gasteiger partial charge >= 0.3 is 0 Å². The van der Waals surface area contributed by atoms with Crippen molar-refractivity contribution in [1.82, 2.24) is 0 Å². The number of rotatable bonds is 3. The van der Waals surface area contributed by atoms with Gasteiger partial charge in [-0.3, -0.25) is 0 Å². The molecule has 2 atom stereocenters. The predicted molar refractivity (Wildman–Crippen MR) is 55.7 cm³/mol. The molecule has 0 spiro atoms. The topological polar surface area (TPSA) is 18.5 Å². The minimum Gasteiger partial charge on any atom is -0.229 e. The SMILES string of the molecule is C1=CC(OOC2C=CCCC2)CCC1. The predicted octanol–water partition coefficient (Wildman–Crippen LogP) is 3.15. The van der Waals surface area contributed by atoms with E-state index in [-0.39, 0.29) is 12.2 Å². The quantitative estimate of drug-likeness (QED) is 0.390. The van der Waals surface area contributed by atoms with Crippen LogP contribution >= 0.6 is 0 Å². The van der Waals surface area contributed by atoms with Gasteiger partial charge in [-0.1, -0.05) is 24.3 Å². The van der Waals surface area contributed by atoms with Gasteiger partial charge in [0.25, 0.3) is 0 Å². The number of hydrogen-bond donors (Lipinski definition) is 0. The zero-order chi connectivity index (χ0) is 9.64. The van der Waals surface area contributed by atoms with Crippen LogP contribution in [0.5, 0.6) is 0 Å². The van der Waals surface area contributed by atoms with E-state index in [9.17, 15) is 0 Å². The second kappa shape index (κ2) is 5.32. The first-order valence-electron chi connectivity index (χ1n) is 5.60. The van der Waals surface area contributed by atoms with Crippen LogP contribution in [0.15, 0.2) is 24.3 Å². The molecule has 0 fully saturated rings. The molecule has 0 heterocycles. The normalized spacial score (nSPS) is 32.0. The van der Waals surface area contributed by atoms with Gasteiger partial charge in [0.05, 0.1) is 0 Å². The fourth-order valence-corrected chi connectivity index (χ4v) is 1.87. The van der Waals surface area contributed by atoms with Crippen molar-refractivity contribution in [1.29, 1.82) is 0 Å². The van der Waals surface area contributed by atoms with Crippen molar-refractivity contribution >= 4 is 0 Å². The molecule has 14 heavy (non-hydrogen) atoms. The first-order chi connectivity index (χ1) is 6.95. The molecule has 0 radical (unpaired) electrons. The summed E-state index contributed by atoms with van der Waals surface area (Å²) < 4.78 is 0. The Kier molecular flexibility index (Phi) is 3.78. The second-order valence-electron chi connectivity index (χ2n) is 3.99. The Morgan fingerprint density at radius 2 is 1.29 bits per heavy atom. The molecule has 0 N–H and O–H groups in total. The van der Waals surface area contributed by atoms with Crippen LogP contribution in [0.3, 0.4) is 0 Å². The molecular weight excluding hydrogens is 176 g/mol. The summed E-state index contributed by atoms with van der Waals surface area (Å²) in [5, 5.41) is 0. The van der Waals surface area contributed by atoms with Gasteiger partial charge in [-0.25, -0.2) is 9.78 Å². The van der Waals surface area contributed by atoms with Gasteiger partial charge < -0.3 is 0 Å². The molecule has 0 aromatic heterocycles. The summed E-state index contributed by atoms with van der Waals surface area (Å²) >= 11 is 0. The molecule has 2 aliphatic rings. The summed E-state index contributed by atoms with van der Waals surface area (Å²) in [6.07, 6.45) is 15.9. The Morgan fingerprint density at radius 3 is 1.64 bits per heavy atom. The minimum absolute atomic E-state index is 0.180. The van der Waals surface area contributed by atoms with Crippen LogP contribution in [-0.4, -0.2) is 12.2 Å². The molecule has 2 aliphatic carbocycles. The number of hydrogen-bond acceptors (Lipinski definition) is 2. The van der Waals surface area contributed by atoms with E-state index in [1.807, 2.05) is 0 Å². The van der Waals surface area contributed by atoms with Crippen LogP contribution < -0.4 is 0 Å². The van der Waals surface area contributed by atoms with E-state index >= 15 is 0 Å². The van der Waals surface area contributed by atoms with Crippen molar-refractivity contribution in [2.45, 2.75) is 50.7 Å². The molecule has 0 aromatic carbocycles. The van der Waals surface area contributed by atoms with Gasteiger partial charge in [-0.15, -0.1) is 0 Å². The largest absolute Gasteiger partial charge is 0.229 e. The van der Waals surface area contributed by atoms with Gasteiger partial charge in [0, 0.05) is 0 Å². The summed E-state index contributed by atoms with van der Waals surface area (Å²) in [6, 6.07) is 0. The Bertz CT molecular complexity index is 196. The first kappa shape index (κ1) is 9.94. The van der Waals surface area contributed by atoms with Gasteiger partial charge in [0.2, 0.25) is 0 Å². The highest BCUT2D eigenvalue weighted by Crippen LogP contribution is 2.18. The van der Waals surface area contributed by atoms with Crippen LogP contribution in [0.2, 0.25) is 0 Å². The summed E-state index contributed by atoms with van der Waals surface area (Å²) in [4.78, 5) is 10.8. The maximum Gasteiger partial charge on any atom is 0.111 e. The molecule has 2 rings (SSSR count). The number of allylic oxidation sites excluding steroid dienone is 2. The van der Waals surface area contributed by atoms with Crippen molar-refractivity contribution in [2.75, 3.05) is 0 Å². The van der Waals surface area contributed by atoms with E-state index in [1.54, 1.807) is 0 Å². The Balaban J connectivity index is 1.70. The fourth-order valence-electron chi connectivity index (χ4n) is 1.87. The highest BCUT2D eigenvalue weighted by Gasteiger charge is 2.14. The average molecular weight is 194 g/mol. The second-order valence-corrected chi connectivity index (χ2v) is 3.99. The Morgan fingerprint density at radius 1 is 0.786 bits per heavy atom. The van der Waals surface area contributed by atoms with Crippen LogP contribution in [0, 0.1) is 0 Å². The lowest BCUT2D eigenvalue weighted by Crippen LogP contribution is -2.19.